The van der Waals surface area contributed by atoms with E-state index in [1.807, 2.05) is 71.3 Å². The first-order chi connectivity index (χ1) is 10.7. The minimum Gasteiger partial charge on any atom is -0.308 e. The Kier molecular flexibility index (Phi) is 4.64. The number of carbonyl (C=O) groups is 1. The number of fused-ring (bicyclic) bond motifs is 1. The molecule has 0 bridgehead atoms. The molecule has 3 rings (SSSR count). The molecule has 0 fully saturated rings. The molecule has 2 aromatic rings. The monoisotopic (exact) mass is 309 g/mol. The number of thioether (sulfide) groups is 1. The van der Waals surface area contributed by atoms with Crippen molar-refractivity contribution in [2.45, 2.75) is 23.5 Å². The van der Waals surface area contributed by atoms with E-state index in [2.05, 4.69) is 13.0 Å². The van der Waals surface area contributed by atoms with Gasteiger partial charge in [0.2, 0.25) is 0 Å². The Hall–Kier alpha value is -2.00. The molecule has 112 valence electrons. The van der Waals surface area contributed by atoms with E-state index in [1.54, 1.807) is 6.08 Å². The van der Waals surface area contributed by atoms with Crippen molar-refractivity contribution >= 4 is 29.4 Å². The van der Waals surface area contributed by atoms with Crippen LogP contribution in [0.5, 0.6) is 0 Å². The van der Waals surface area contributed by atoms with Crippen molar-refractivity contribution in [1.82, 2.24) is 0 Å². The number of carbonyl (C=O) groups excluding carboxylic acids is 1. The lowest BCUT2D eigenvalue weighted by Gasteiger charge is -2.20. The summed E-state index contributed by atoms with van der Waals surface area (Å²) in [4.78, 5) is 15.7. The summed E-state index contributed by atoms with van der Waals surface area (Å²) in [5.41, 5.74) is 2.07. The van der Waals surface area contributed by atoms with Crippen LogP contribution in [0.3, 0.4) is 0 Å². The number of rotatable bonds is 2. The molecular formula is C19H19NOS. The second-order valence-electron chi connectivity index (χ2n) is 5.42. The smallest absolute Gasteiger partial charge is 0.251 e. The Balaban J connectivity index is 1.84. The number of nitrogens with zero attached hydrogens (tertiary/aromatic N) is 1. The van der Waals surface area contributed by atoms with Crippen LogP contribution in [0.2, 0.25) is 0 Å². The molecule has 2 aromatic carbocycles. The van der Waals surface area contributed by atoms with Gasteiger partial charge in [0.15, 0.2) is 0 Å². The van der Waals surface area contributed by atoms with E-state index < -0.39 is 0 Å². The predicted octanol–water partition coefficient (Wildman–Crippen LogP) is 4.62. The number of hydrogen-bond acceptors (Lipinski definition) is 2. The van der Waals surface area contributed by atoms with Gasteiger partial charge in [0.1, 0.15) is 0 Å². The van der Waals surface area contributed by atoms with Gasteiger partial charge < -0.3 is 4.90 Å². The maximum absolute atomic E-state index is 12.6. The molecular weight excluding hydrogens is 290 g/mol. The zero-order valence-electron chi connectivity index (χ0n) is 12.6. The van der Waals surface area contributed by atoms with E-state index in [4.69, 9.17) is 0 Å². The summed E-state index contributed by atoms with van der Waals surface area (Å²) in [5, 5.41) is 0.525. The lowest BCUT2D eigenvalue weighted by molar-refractivity contribution is -0.114. The van der Waals surface area contributed by atoms with Gasteiger partial charge in [-0.1, -0.05) is 49.4 Å². The Morgan fingerprint density at radius 2 is 1.86 bits per heavy atom. The van der Waals surface area contributed by atoms with Gasteiger partial charge in [-0.25, -0.2) is 0 Å². The van der Waals surface area contributed by atoms with E-state index in [1.165, 1.54) is 4.90 Å². The number of para-hydroxylation sites is 1. The van der Waals surface area contributed by atoms with Gasteiger partial charge in [-0.2, -0.15) is 0 Å². The highest BCUT2D eigenvalue weighted by Crippen LogP contribution is 2.37. The molecule has 0 spiro atoms. The third-order valence-corrected chi connectivity index (χ3v) is 4.96. The molecule has 2 nitrogen and oxygen atoms in total. The molecule has 1 heterocycles. The molecule has 0 aliphatic carbocycles. The lowest BCUT2D eigenvalue weighted by Crippen LogP contribution is -2.30. The van der Waals surface area contributed by atoms with Crippen LogP contribution in [0.25, 0.3) is 6.08 Å². The van der Waals surface area contributed by atoms with Gasteiger partial charge in [0.05, 0.1) is 5.69 Å². The van der Waals surface area contributed by atoms with Crippen LogP contribution in [0.15, 0.2) is 65.6 Å². The van der Waals surface area contributed by atoms with Gasteiger partial charge in [-0.05, 0) is 30.2 Å². The molecule has 0 saturated heterocycles. The van der Waals surface area contributed by atoms with Gasteiger partial charge in [0.25, 0.3) is 5.91 Å². The van der Waals surface area contributed by atoms with Gasteiger partial charge in [0, 0.05) is 22.8 Å². The maximum Gasteiger partial charge on any atom is 0.251 e. The van der Waals surface area contributed by atoms with Crippen LogP contribution in [0, 0.1) is 0 Å². The summed E-state index contributed by atoms with van der Waals surface area (Å²) in [7, 11) is 0. The van der Waals surface area contributed by atoms with Gasteiger partial charge in [-0.3, -0.25) is 4.79 Å². The van der Waals surface area contributed by atoms with Crippen molar-refractivity contribution in [2.75, 3.05) is 11.4 Å². The second-order valence-corrected chi connectivity index (χ2v) is 6.90. The Labute approximate surface area is 135 Å². The number of benzene rings is 2. The van der Waals surface area contributed by atoms with E-state index in [0.717, 1.165) is 24.2 Å². The third-order valence-electron chi connectivity index (χ3n) is 3.73. The van der Waals surface area contributed by atoms with Crippen LogP contribution in [-0.4, -0.2) is 17.7 Å². The van der Waals surface area contributed by atoms with E-state index in [9.17, 15) is 4.79 Å². The SMILES string of the molecule is CC1CCN(C(=O)/C=C/c2ccccc2)c2ccccc2S1. The van der Waals surface area contributed by atoms with Crippen LogP contribution in [-0.2, 0) is 4.79 Å². The second kappa shape index (κ2) is 6.84. The summed E-state index contributed by atoms with van der Waals surface area (Å²) < 4.78 is 0. The van der Waals surface area contributed by atoms with Crippen molar-refractivity contribution in [1.29, 1.82) is 0 Å². The zero-order chi connectivity index (χ0) is 15.4. The van der Waals surface area contributed by atoms with Crippen LogP contribution < -0.4 is 4.90 Å². The molecule has 22 heavy (non-hydrogen) atoms. The van der Waals surface area contributed by atoms with E-state index >= 15 is 0 Å². The summed E-state index contributed by atoms with van der Waals surface area (Å²) in [6, 6.07) is 18.1. The van der Waals surface area contributed by atoms with E-state index in [0.29, 0.717) is 5.25 Å². The summed E-state index contributed by atoms with van der Waals surface area (Å²) in [5.74, 6) is 0.0472. The van der Waals surface area contributed by atoms with Crippen molar-refractivity contribution in [2.24, 2.45) is 0 Å². The normalized spacial score (nSPS) is 18.0. The quantitative estimate of drug-likeness (QED) is 0.755. The first kappa shape index (κ1) is 14.9. The minimum absolute atomic E-state index is 0.0472. The average molecular weight is 309 g/mol. The van der Waals surface area contributed by atoms with Crippen molar-refractivity contribution in [3.05, 3.63) is 66.2 Å². The molecule has 1 atom stereocenters. The molecule has 1 aliphatic rings. The molecule has 0 aromatic heterocycles. The maximum atomic E-state index is 12.6. The third kappa shape index (κ3) is 3.42. The fourth-order valence-corrected chi connectivity index (χ4v) is 3.65. The fraction of sp³-hybridized carbons (Fsp3) is 0.211. The topological polar surface area (TPSA) is 20.3 Å². The summed E-state index contributed by atoms with van der Waals surface area (Å²) in [6.45, 7) is 2.98. The van der Waals surface area contributed by atoms with Crippen LogP contribution in [0.1, 0.15) is 18.9 Å². The average Bonchev–Trinajstić information content (AvgIpc) is 2.72. The predicted molar refractivity (Wildman–Crippen MR) is 94.2 cm³/mol. The van der Waals surface area contributed by atoms with Crippen molar-refractivity contribution in [3.63, 3.8) is 0 Å². The largest absolute Gasteiger partial charge is 0.308 e. The summed E-state index contributed by atoms with van der Waals surface area (Å²) in [6.07, 6.45) is 4.56. The number of anilines is 1. The molecule has 1 aliphatic heterocycles. The molecule has 0 radical (unpaired) electrons. The summed E-state index contributed by atoms with van der Waals surface area (Å²) >= 11 is 1.85. The van der Waals surface area contributed by atoms with Gasteiger partial charge in [-0.15, -0.1) is 11.8 Å². The molecule has 3 heteroatoms. The first-order valence-corrected chi connectivity index (χ1v) is 8.42. The Morgan fingerprint density at radius 1 is 1.14 bits per heavy atom. The Bertz CT molecular complexity index is 681. The molecule has 0 N–H and O–H groups in total. The van der Waals surface area contributed by atoms with Crippen LogP contribution in [0.4, 0.5) is 5.69 Å². The van der Waals surface area contributed by atoms with E-state index in [-0.39, 0.29) is 5.91 Å². The standard InChI is InChI=1S/C19H19NOS/c1-15-13-14-20(17-9-5-6-10-18(17)22-15)19(21)12-11-16-7-3-2-4-8-16/h2-12,15H,13-14H2,1H3/b12-11+. The minimum atomic E-state index is 0.0472. The lowest BCUT2D eigenvalue weighted by atomic mass is 10.2. The first-order valence-electron chi connectivity index (χ1n) is 7.54. The zero-order valence-corrected chi connectivity index (χ0v) is 13.4. The van der Waals surface area contributed by atoms with Gasteiger partial charge >= 0.3 is 0 Å². The highest BCUT2D eigenvalue weighted by atomic mass is 32.2. The fourth-order valence-electron chi connectivity index (χ4n) is 2.54. The molecule has 0 saturated carbocycles. The van der Waals surface area contributed by atoms with Crippen molar-refractivity contribution in [3.8, 4) is 0 Å². The highest BCUT2D eigenvalue weighted by Gasteiger charge is 2.22. The number of amides is 1. The Morgan fingerprint density at radius 3 is 2.68 bits per heavy atom. The highest BCUT2D eigenvalue weighted by molar-refractivity contribution is 8.00. The molecule has 1 amide bonds. The number of hydrogen-bond donors (Lipinski definition) is 0. The molecule has 1 unspecified atom stereocenters. The van der Waals surface area contributed by atoms with Crippen LogP contribution >= 0.6 is 11.8 Å². The van der Waals surface area contributed by atoms with Crippen molar-refractivity contribution < 1.29 is 4.79 Å².